The summed E-state index contributed by atoms with van der Waals surface area (Å²) in [4.78, 5) is 13.6. The Labute approximate surface area is 104 Å². The zero-order valence-corrected chi connectivity index (χ0v) is 11.2. The van der Waals surface area contributed by atoms with E-state index in [1.165, 1.54) is 0 Å². The van der Waals surface area contributed by atoms with Crippen LogP contribution in [0.2, 0.25) is 0 Å². The topological polar surface area (TPSA) is 32.3 Å². The lowest BCUT2D eigenvalue weighted by Crippen LogP contribution is -2.38. The number of carbonyl (C=O) groups is 1. The fourth-order valence-electron chi connectivity index (χ4n) is 1.51. The molecule has 0 aromatic heterocycles. The van der Waals surface area contributed by atoms with Gasteiger partial charge in [0.15, 0.2) is 0 Å². The molecular weight excluding hydrogens is 212 g/mol. The molecule has 1 aromatic carbocycles. The Balaban J connectivity index is 2.43. The molecule has 0 radical (unpaired) electrons. The molecule has 1 amide bonds. The van der Waals surface area contributed by atoms with E-state index in [4.69, 9.17) is 0 Å². The minimum atomic E-state index is 0.0611. The third-order valence-electron chi connectivity index (χ3n) is 2.51. The van der Waals surface area contributed by atoms with Gasteiger partial charge in [-0.2, -0.15) is 0 Å². The third-order valence-corrected chi connectivity index (χ3v) is 2.51. The lowest BCUT2D eigenvalue weighted by atomic mass is 10.1. The van der Waals surface area contributed by atoms with Gasteiger partial charge in [-0.05, 0) is 32.9 Å². The summed E-state index contributed by atoms with van der Waals surface area (Å²) in [7, 11) is 1.81. The number of para-hydroxylation sites is 1. The first-order valence-corrected chi connectivity index (χ1v) is 5.97. The molecule has 0 unspecified atom stereocenters. The largest absolute Gasteiger partial charge is 0.315 e. The fraction of sp³-hybridized carbons (Fsp3) is 0.500. The number of hydrogen-bond donors (Lipinski definition) is 1. The van der Waals surface area contributed by atoms with Gasteiger partial charge in [-0.3, -0.25) is 4.79 Å². The Hall–Kier alpha value is -1.35. The Morgan fingerprint density at radius 2 is 1.82 bits per heavy atom. The van der Waals surface area contributed by atoms with Crippen molar-refractivity contribution in [3.8, 4) is 0 Å². The second-order valence-corrected chi connectivity index (χ2v) is 5.22. The van der Waals surface area contributed by atoms with Crippen LogP contribution >= 0.6 is 0 Å². The van der Waals surface area contributed by atoms with Crippen molar-refractivity contribution in [2.75, 3.05) is 18.5 Å². The summed E-state index contributed by atoms with van der Waals surface area (Å²) >= 11 is 0. The van der Waals surface area contributed by atoms with Gasteiger partial charge in [0.25, 0.3) is 0 Å². The van der Waals surface area contributed by atoms with Crippen LogP contribution in [-0.2, 0) is 4.79 Å². The van der Waals surface area contributed by atoms with Gasteiger partial charge < -0.3 is 10.2 Å². The van der Waals surface area contributed by atoms with Gasteiger partial charge in [0.05, 0.1) is 0 Å². The van der Waals surface area contributed by atoms with E-state index in [0.717, 1.165) is 5.69 Å². The molecule has 17 heavy (non-hydrogen) atoms. The lowest BCUT2D eigenvalue weighted by Gasteiger charge is -2.22. The summed E-state index contributed by atoms with van der Waals surface area (Å²) < 4.78 is 0. The average Bonchev–Trinajstić information content (AvgIpc) is 2.27. The SMILES string of the molecule is CN(C(=O)CCNC(C)(C)C)c1ccccc1. The predicted octanol–water partition coefficient (Wildman–Crippen LogP) is 2.43. The van der Waals surface area contributed by atoms with Crippen LogP contribution in [0.1, 0.15) is 27.2 Å². The summed E-state index contributed by atoms with van der Waals surface area (Å²) in [6, 6.07) is 9.70. The number of nitrogens with one attached hydrogen (secondary N) is 1. The van der Waals surface area contributed by atoms with Crippen molar-refractivity contribution >= 4 is 11.6 Å². The molecule has 0 saturated heterocycles. The van der Waals surface area contributed by atoms with E-state index < -0.39 is 0 Å². The van der Waals surface area contributed by atoms with Crippen molar-refractivity contribution in [2.24, 2.45) is 0 Å². The van der Waals surface area contributed by atoms with Crippen molar-refractivity contribution in [1.29, 1.82) is 0 Å². The van der Waals surface area contributed by atoms with Gasteiger partial charge in [0.1, 0.15) is 0 Å². The van der Waals surface area contributed by atoms with E-state index in [9.17, 15) is 4.79 Å². The van der Waals surface area contributed by atoms with Gasteiger partial charge >= 0.3 is 0 Å². The van der Waals surface area contributed by atoms with Crippen molar-refractivity contribution in [1.82, 2.24) is 5.32 Å². The molecule has 1 N–H and O–H groups in total. The Morgan fingerprint density at radius 3 is 2.35 bits per heavy atom. The zero-order valence-electron chi connectivity index (χ0n) is 11.2. The Bertz CT molecular complexity index is 354. The second-order valence-electron chi connectivity index (χ2n) is 5.22. The van der Waals surface area contributed by atoms with E-state index >= 15 is 0 Å². The summed E-state index contributed by atoms with van der Waals surface area (Å²) in [5, 5.41) is 3.31. The second kappa shape index (κ2) is 5.82. The third kappa shape index (κ3) is 5.00. The van der Waals surface area contributed by atoms with Crippen LogP contribution in [0.4, 0.5) is 5.69 Å². The molecule has 0 fully saturated rings. The fourth-order valence-corrected chi connectivity index (χ4v) is 1.51. The number of amides is 1. The van der Waals surface area contributed by atoms with Crippen LogP contribution < -0.4 is 10.2 Å². The van der Waals surface area contributed by atoms with E-state index in [1.807, 2.05) is 37.4 Å². The lowest BCUT2D eigenvalue weighted by molar-refractivity contribution is -0.118. The van der Waals surface area contributed by atoms with Gasteiger partial charge in [-0.25, -0.2) is 0 Å². The highest BCUT2D eigenvalue weighted by Gasteiger charge is 2.12. The number of benzene rings is 1. The number of rotatable bonds is 4. The van der Waals surface area contributed by atoms with Crippen LogP contribution in [0.3, 0.4) is 0 Å². The highest BCUT2D eigenvalue weighted by molar-refractivity contribution is 5.92. The first-order valence-electron chi connectivity index (χ1n) is 5.97. The van der Waals surface area contributed by atoms with Gasteiger partial charge in [-0.1, -0.05) is 18.2 Å². The standard InChI is InChI=1S/C14H22N2O/c1-14(2,3)15-11-10-13(17)16(4)12-8-6-5-7-9-12/h5-9,15H,10-11H2,1-4H3. The highest BCUT2D eigenvalue weighted by atomic mass is 16.2. The molecule has 94 valence electrons. The number of carbonyl (C=O) groups excluding carboxylic acids is 1. The van der Waals surface area contributed by atoms with Crippen molar-refractivity contribution in [3.05, 3.63) is 30.3 Å². The van der Waals surface area contributed by atoms with Gasteiger partial charge in [0, 0.05) is 31.2 Å². The molecule has 0 heterocycles. The van der Waals surface area contributed by atoms with Crippen LogP contribution in [0.25, 0.3) is 0 Å². The summed E-state index contributed by atoms with van der Waals surface area (Å²) in [5.41, 5.74) is 0.999. The molecule has 0 aliphatic heterocycles. The molecule has 1 rings (SSSR count). The molecule has 0 aliphatic rings. The summed E-state index contributed by atoms with van der Waals surface area (Å²) in [5.74, 6) is 0.132. The Morgan fingerprint density at radius 1 is 1.24 bits per heavy atom. The van der Waals surface area contributed by atoms with Crippen molar-refractivity contribution in [2.45, 2.75) is 32.7 Å². The summed E-state index contributed by atoms with van der Waals surface area (Å²) in [6.45, 7) is 6.99. The molecule has 0 saturated carbocycles. The Kier molecular flexibility index (Phi) is 4.70. The predicted molar refractivity (Wildman–Crippen MR) is 72.2 cm³/mol. The maximum absolute atomic E-state index is 11.9. The molecule has 0 aliphatic carbocycles. The van der Waals surface area contributed by atoms with Crippen LogP contribution in [0.15, 0.2) is 30.3 Å². The van der Waals surface area contributed by atoms with E-state index in [1.54, 1.807) is 4.90 Å². The molecule has 0 spiro atoms. The van der Waals surface area contributed by atoms with Crippen LogP contribution in [-0.4, -0.2) is 25.0 Å². The molecule has 3 nitrogen and oxygen atoms in total. The number of hydrogen-bond acceptors (Lipinski definition) is 2. The maximum atomic E-state index is 11.9. The molecule has 0 atom stereocenters. The monoisotopic (exact) mass is 234 g/mol. The molecule has 0 bridgehead atoms. The number of anilines is 1. The van der Waals surface area contributed by atoms with Crippen LogP contribution in [0.5, 0.6) is 0 Å². The zero-order chi connectivity index (χ0) is 12.9. The minimum Gasteiger partial charge on any atom is -0.315 e. The molecular formula is C14H22N2O. The minimum absolute atomic E-state index is 0.0611. The average molecular weight is 234 g/mol. The van der Waals surface area contributed by atoms with E-state index in [-0.39, 0.29) is 11.4 Å². The molecule has 1 aromatic rings. The van der Waals surface area contributed by atoms with Crippen molar-refractivity contribution < 1.29 is 4.79 Å². The van der Waals surface area contributed by atoms with Gasteiger partial charge in [0.2, 0.25) is 5.91 Å². The first kappa shape index (κ1) is 13.7. The smallest absolute Gasteiger partial charge is 0.227 e. The maximum Gasteiger partial charge on any atom is 0.227 e. The van der Waals surface area contributed by atoms with E-state index in [2.05, 4.69) is 26.1 Å². The summed E-state index contributed by atoms with van der Waals surface area (Å²) in [6.07, 6.45) is 0.517. The molecule has 3 heteroatoms. The normalized spacial score (nSPS) is 11.3. The van der Waals surface area contributed by atoms with Crippen molar-refractivity contribution in [3.63, 3.8) is 0 Å². The number of nitrogens with zero attached hydrogens (tertiary/aromatic N) is 1. The highest BCUT2D eigenvalue weighted by Crippen LogP contribution is 2.11. The van der Waals surface area contributed by atoms with Gasteiger partial charge in [-0.15, -0.1) is 0 Å². The van der Waals surface area contributed by atoms with E-state index in [0.29, 0.717) is 13.0 Å². The van der Waals surface area contributed by atoms with Crippen LogP contribution in [0, 0.1) is 0 Å². The first-order chi connectivity index (χ1) is 7.90. The quantitative estimate of drug-likeness (QED) is 0.867.